The van der Waals surface area contributed by atoms with E-state index in [1.807, 2.05) is 21.1 Å². The van der Waals surface area contributed by atoms with Gasteiger partial charge in [0.25, 0.3) is 7.82 Å². The molecule has 0 aliphatic heterocycles. The van der Waals surface area contributed by atoms with Gasteiger partial charge in [-0.3, -0.25) is 14.2 Å². The van der Waals surface area contributed by atoms with E-state index in [2.05, 4.69) is 38.2 Å². The highest BCUT2D eigenvalue weighted by molar-refractivity contribution is 7.45. The summed E-state index contributed by atoms with van der Waals surface area (Å²) < 4.78 is 33.5. The zero-order valence-corrected chi connectivity index (χ0v) is 30.9. The molecule has 9 nitrogen and oxygen atoms in total. The summed E-state index contributed by atoms with van der Waals surface area (Å²) in [6, 6.07) is 0. The van der Waals surface area contributed by atoms with Crippen molar-refractivity contribution in [3.63, 3.8) is 0 Å². The number of allylic oxidation sites excluding steroid dienone is 4. The van der Waals surface area contributed by atoms with Gasteiger partial charge >= 0.3 is 11.9 Å². The van der Waals surface area contributed by atoms with Crippen LogP contribution in [-0.2, 0) is 32.7 Å². The van der Waals surface area contributed by atoms with Gasteiger partial charge in [0.2, 0.25) is 0 Å². The summed E-state index contributed by atoms with van der Waals surface area (Å²) in [5.74, 6) is -0.881. The number of hydrogen-bond donors (Lipinski definition) is 0. The molecule has 0 saturated carbocycles. The number of nitrogens with zero attached hydrogens (tertiary/aromatic N) is 1. The van der Waals surface area contributed by atoms with Gasteiger partial charge in [-0.2, -0.15) is 0 Å². The molecule has 0 aromatic carbocycles. The average molecular weight is 674 g/mol. The Morgan fingerprint density at radius 1 is 0.674 bits per heavy atom. The van der Waals surface area contributed by atoms with Crippen molar-refractivity contribution in [2.75, 3.05) is 47.5 Å². The number of carbonyl (C=O) groups is 2. The number of unbranched alkanes of at least 4 members (excludes halogenated alkanes) is 14. The lowest BCUT2D eigenvalue weighted by atomic mass is 10.1. The minimum absolute atomic E-state index is 0.0346. The molecular formula is C36H68NO8P. The maximum atomic E-state index is 12.5. The van der Waals surface area contributed by atoms with Crippen molar-refractivity contribution in [2.45, 2.75) is 148 Å². The van der Waals surface area contributed by atoms with Crippen LogP contribution >= 0.6 is 7.82 Å². The van der Waals surface area contributed by atoms with Crippen LogP contribution in [0.25, 0.3) is 0 Å². The van der Waals surface area contributed by atoms with E-state index in [1.165, 1.54) is 57.8 Å². The second kappa shape index (κ2) is 29.6. The molecule has 0 N–H and O–H groups in total. The SMILES string of the molecule is CCCCCCCC/C=C/C/C=C/CCCCC(=O)OC[C@@H](COP(=O)([O-])OCC[N+](C)(C)C)OC(=O)CCCCCCCCC. The number of likely N-dealkylation sites (N-methyl/N-ethyl adjacent to an activating group) is 1. The van der Waals surface area contributed by atoms with Crippen molar-refractivity contribution in [1.82, 2.24) is 0 Å². The fraction of sp³-hybridized carbons (Fsp3) is 0.833. The number of phosphoric acid groups is 1. The largest absolute Gasteiger partial charge is 0.756 e. The molecule has 270 valence electrons. The maximum Gasteiger partial charge on any atom is 0.306 e. The summed E-state index contributed by atoms with van der Waals surface area (Å²) in [6.07, 6.45) is 28.0. The molecule has 0 aromatic rings. The fourth-order valence-electron chi connectivity index (χ4n) is 4.56. The third-order valence-corrected chi connectivity index (χ3v) is 8.44. The predicted octanol–water partition coefficient (Wildman–Crippen LogP) is 8.60. The molecule has 0 saturated heterocycles. The molecule has 0 aliphatic rings. The van der Waals surface area contributed by atoms with Gasteiger partial charge in [0.05, 0.1) is 27.7 Å². The molecule has 0 fully saturated rings. The molecule has 0 heterocycles. The van der Waals surface area contributed by atoms with Crippen molar-refractivity contribution < 1.29 is 42.1 Å². The summed E-state index contributed by atoms with van der Waals surface area (Å²) in [7, 11) is 1.15. The van der Waals surface area contributed by atoms with E-state index in [-0.39, 0.29) is 26.1 Å². The van der Waals surface area contributed by atoms with Crippen molar-refractivity contribution in [3.05, 3.63) is 24.3 Å². The molecule has 2 atom stereocenters. The number of carbonyl (C=O) groups excluding carboxylic acids is 2. The van der Waals surface area contributed by atoms with Crippen LogP contribution in [0.3, 0.4) is 0 Å². The fourth-order valence-corrected chi connectivity index (χ4v) is 5.29. The Labute approximate surface area is 281 Å². The zero-order chi connectivity index (χ0) is 34.4. The molecule has 0 rings (SSSR count). The topological polar surface area (TPSA) is 111 Å². The van der Waals surface area contributed by atoms with Crippen molar-refractivity contribution in [2.24, 2.45) is 0 Å². The van der Waals surface area contributed by atoms with Crippen molar-refractivity contribution in [3.8, 4) is 0 Å². The lowest BCUT2D eigenvalue weighted by Gasteiger charge is -2.28. The average Bonchev–Trinajstić information content (AvgIpc) is 2.99. The maximum absolute atomic E-state index is 12.5. The van der Waals surface area contributed by atoms with Crippen molar-refractivity contribution in [1.29, 1.82) is 0 Å². The Balaban J connectivity index is 4.45. The number of esters is 2. The van der Waals surface area contributed by atoms with Gasteiger partial charge in [0, 0.05) is 12.8 Å². The monoisotopic (exact) mass is 673 g/mol. The van der Waals surface area contributed by atoms with Crippen LogP contribution in [0.4, 0.5) is 0 Å². The van der Waals surface area contributed by atoms with Gasteiger partial charge in [0.15, 0.2) is 6.10 Å². The second-order valence-corrected chi connectivity index (χ2v) is 14.6. The first-order valence-corrected chi connectivity index (χ1v) is 19.5. The quantitative estimate of drug-likeness (QED) is 0.0230. The first-order chi connectivity index (χ1) is 22.0. The summed E-state index contributed by atoms with van der Waals surface area (Å²) in [5, 5.41) is 0. The number of rotatable bonds is 32. The van der Waals surface area contributed by atoms with Crippen LogP contribution < -0.4 is 4.89 Å². The third-order valence-electron chi connectivity index (χ3n) is 7.47. The first kappa shape index (κ1) is 44.5. The van der Waals surface area contributed by atoms with E-state index >= 15 is 0 Å². The molecule has 0 amide bonds. The van der Waals surface area contributed by atoms with Crippen LogP contribution in [0.2, 0.25) is 0 Å². The van der Waals surface area contributed by atoms with Gasteiger partial charge in [-0.1, -0.05) is 109 Å². The minimum atomic E-state index is -4.61. The van der Waals surface area contributed by atoms with Gasteiger partial charge in [0.1, 0.15) is 19.8 Å². The molecule has 10 heteroatoms. The van der Waals surface area contributed by atoms with E-state index in [9.17, 15) is 19.0 Å². The Bertz CT molecular complexity index is 855. The highest BCUT2D eigenvalue weighted by Crippen LogP contribution is 2.38. The molecule has 0 bridgehead atoms. The summed E-state index contributed by atoms with van der Waals surface area (Å²) in [5.41, 5.74) is 0. The summed E-state index contributed by atoms with van der Waals surface area (Å²) in [6.45, 7) is 4.10. The van der Waals surface area contributed by atoms with E-state index in [0.29, 0.717) is 23.9 Å². The van der Waals surface area contributed by atoms with Gasteiger partial charge in [-0.05, 0) is 44.9 Å². The van der Waals surface area contributed by atoms with Crippen LogP contribution in [0, 0.1) is 0 Å². The zero-order valence-electron chi connectivity index (χ0n) is 30.0. The van der Waals surface area contributed by atoms with Crippen LogP contribution in [0.5, 0.6) is 0 Å². The molecule has 46 heavy (non-hydrogen) atoms. The Morgan fingerprint density at radius 2 is 1.17 bits per heavy atom. The standard InChI is InChI=1S/C36H68NO8P/c1-6-8-10-12-14-15-16-17-18-19-20-21-23-24-26-28-35(38)42-32-34(33-44-46(40,41)43-31-30-37(3,4)5)45-36(39)29-27-25-22-13-11-9-7-2/h17-18,20-21,34H,6-16,19,22-33H2,1-5H3/b18-17+,21-20+/t34-/m0/s1. The first-order valence-electron chi connectivity index (χ1n) is 18.0. The summed E-state index contributed by atoms with van der Waals surface area (Å²) in [4.78, 5) is 37.1. The van der Waals surface area contributed by atoms with E-state index in [0.717, 1.165) is 44.9 Å². The minimum Gasteiger partial charge on any atom is -0.756 e. The third kappa shape index (κ3) is 32.4. The Hall–Kier alpha value is -1.51. The number of quaternary nitrogens is 1. The van der Waals surface area contributed by atoms with Crippen LogP contribution in [0.15, 0.2) is 24.3 Å². The van der Waals surface area contributed by atoms with Crippen molar-refractivity contribution >= 4 is 19.8 Å². The molecular weight excluding hydrogens is 605 g/mol. The number of hydrogen-bond acceptors (Lipinski definition) is 8. The molecule has 0 spiro atoms. The normalized spacial score (nSPS) is 14.1. The van der Waals surface area contributed by atoms with Crippen LogP contribution in [0.1, 0.15) is 142 Å². The lowest BCUT2D eigenvalue weighted by molar-refractivity contribution is -0.870. The van der Waals surface area contributed by atoms with Crippen LogP contribution in [-0.4, -0.2) is 70.0 Å². The second-order valence-electron chi connectivity index (χ2n) is 13.2. The van der Waals surface area contributed by atoms with Gasteiger partial charge < -0.3 is 27.9 Å². The number of ether oxygens (including phenoxy) is 2. The number of phosphoric ester groups is 1. The lowest BCUT2D eigenvalue weighted by Crippen LogP contribution is -2.37. The van der Waals surface area contributed by atoms with Gasteiger partial charge in [-0.25, -0.2) is 0 Å². The Kier molecular flexibility index (Phi) is 28.6. The van der Waals surface area contributed by atoms with Gasteiger partial charge in [-0.15, -0.1) is 0 Å². The molecule has 0 radical (unpaired) electrons. The molecule has 0 aliphatic carbocycles. The highest BCUT2D eigenvalue weighted by atomic mass is 31.2. The molecule has 0 aromatic heterocycles. The molecule has 1 unspecified atom stereocenters. The summed E-state index contributed by atoms with van der Waals surface area (Å²) >= 11 is 0. The highest BCUT2D eigenvalue weighted by Gasteiger charge is 2.21. The predicted molar refractivity (Wildman–Crippen MR) is 185 cm³/mol. The van der Waals surface area contributed by atoms with E-state index in [4.69, 9.17) is 18.5 Å². The van der Waals surface area contributed by atoms with E-state index in [1.54, 1.807) is 0 Å². The Morgan fingerprint density at radius 3 is 1.76 bits per heavy atom. The smallest absolute Gasteiger partial charge is 0.306 e. The van der Waals surface area contributed by atoms with E-state index < -0.39 is 32.5 Å².